The Hall–Kier alpha value is -5.21. The van der Waals surface area contributed by atoms with E-state index in [1.165, 1.54) is 132 Å². The minimum absolute atomic E-state index is 0. The summed E-state index contributed by atoms with van der Waals surface area (Å²) in [6.07, 6.45) is 0. The van der Waals surface area contributed by atoms with Crippen molar-refractivity contribution in [2.75, 3.05) is 0 Å². The molecule has 0 heterocycles. The Labute approximate surface area is 389 Å². The Bertz CT molecular complexity index is 3060. The molecule has 0 saturated heterocycles. The van der Waals surface area contributed by atoms with E-state index >= 15 is 0 Å². The molecule has 2 radical (unpaired) electrons. The Balaban J connectivity index is 0.000000166. The molecule has 61 heavy (non-hydrogen) atoms. The van der Waals surface area contributed by atoms with E-state index in [1.807, 2.05) is 30.3 Å². The van der Waals surface area contributed by atoms with Crippen LogP contribution in [0.1, 0.15) is 27.8 Å². The Morgan fingerprint density at radius 1 is 0.361 bits per heavy atom. The zero-order valence-corrected chi connectivity index (χ0v) is 40.0. The van der Waals surface area contributed by atoms with Gasteiger partial charge in [0.15, 0.2) is 0 Å². The van der Waals surface area contributed by atoms with E-state index in [4.69, 9.17) is 0 Å². The molecule has 0 N–H and O–H groups in total. The summed E-state index contributed by atoms with van der Waals surface area (Å²) < 4.78 is 0. The average Bonchev–Trinajstić information content (AvgIpc) is 3.83. The molecule has 0 aliphatic heterocycles. The molecule has 11 aromatic carbocycles. The van der Waals surface area contributed by atoms with Crippen molar-refractivity contribution in [3.8, 4) is 22.3 Å². The zero-order valence-electron chi connectivity index (χ0n) is 34.9. The Morgan fingerprint density at radius 3 is 1.10 bits per heavy atom. The third-order valence-corrected chi connectivity index (χ3v) is 11.1. The molecule has 300 valence electrons. The first-order valence-electron chi connectivity index (χ1n) is 20.1. The van der Waals surface area contributed by atoms with E-state index in [-0.39, 0.29) is 24.8 Å². The van der Waals surface area contributed by atoms with Crippen LogP contribution in [0.4, 0.5) is 0 Å². The number of benzene rings is 9. The Kier molecular flexibility index (Phi) is 14.9. The molecule has 0 bridgehead atoms. The molecule has 11 rings (SSSR count). The van der Waals surface area contributed by atoms with Crippen molar-refractivity contribution in [3.63, 3.8) is 0 Å². The summed E-state index contributed by atoms with van der Waals surface area (Å²) in [6, 6.07) is 68.1. The fourth-order valence-corrected chi connectivity index (χ4v) is 8.57. The number of aryl methyl sites for hydroxylation is 4. The molecule has 0 aromatic heterocycles. The summed E-state index contributed by atoms with van der Waals surface area (Å²) in [5, 5.41) is 15.8. The van der Waals surface area contributed by atoms with Crippen molar-refractivity contribution in [2.24, 2.45) is 0 Å². The van der Waals surface area contributed by atoms with Gasteiger partial charge in [-0.1, -0.05) is 139 Å². The van der Waals surface area contributed by atoms with Gasteiger partial charge in [0.2, 0.25) is 0 Å². The van der Waals surface area contributed by atoms with Crippen LogP contribution in [0, 0.1) is 34.6 Å². The summed E-state index contributed by atoms with van der Waals surface area (Å²) >= 11 is 1.36. The van der Waals surface area contributed by atoms with Crippen LogP contribution in [0.3, 0.4) is 0 Å². The predicted octanol–water partition coefficient (Wildman–Crippen LogP) is 16.6. The summed E-state index contributed by atoms with van der Waals surface area (Å²) in [4.78, 5) is 0. The molecule has 11 aromatic rings. The van der Waals surface area contributed by atoms with Crippen LogP contribution in [-0.4, -0.2) is 6.88 Å². The molecule has 0 amide bonds. The quantitative estimate of drug-likeness (QED) is 0.0921. The molecular weight excluding hydrogens is 875 g/mol. The SMILES string of the molecule is Cc1cc(-c2cccc3cc4ccccc4cc23)c2cc(C)[cH-]c2c1.Cc1cc(-c2cccc3cc4ccccc4cc23)c2cc(C)[cH-]c2c1.Cl.Cl.[CH2-]c1ccccc1.[Si]=[Zr]. The van der Waals surface area contributed by atoms with Gasteiger partial charge in [0.1, 0.15) is 0 Å². The van der Waals surface area contributed by atoms with Crippen molar-refractivity contribution in [1.29, 1.82) is 0 Å². The van der Waals surface area contributed by atoms with Crippen molar-refractivity contribution in [2.45, 2.75) is 27.7 Å². The number of fused-ring (bicyclic) bond motifs is 6. The second-order valence-corrected chi connectivity index (χ2v) is 15.6. The first-order chi connectivity index (χ1) is 28.8. The van der Waals surface area contributed by atoms with Crippen molar-refractivity contribution >= 4 is 96.3 Å². The predicted molar refractivity (Wildman–Crippen MR) is 270 cm³/mol. The van der Waals surface area contributed by atoms with Gasteiger partial charge in [-0.15, -0.1) is 93.9 Å². The van der Waals surface area contributed by atoms with Gasteiger partial charge >= 0.3 is 30.2 Å². The van der Waals surface area contributed by atoms with E-state index in [1.54, 1.807) is 0 Å². The van der Waals surface area contributed by atoms with Crippen LogP contribution in [0.15, 0.2) is 188 Å². The van der Waals surface area contributed by atoms with Crippen LogP contribution < -0.4 is 0 Å². The maximum absolute atomic E-state index is 3.72. The van der Waals surface area contributed by atoms with Gasteiger partial charge in [-0.3, -0.25) is 0 Å². The zero-order chi connectivity index (χ0) is 41.0. The van der Waals surface area contributed by atoms with Gasteiger partial charge in [-0.2, -0.15) is 36.8 Å². The van der Waals surface area contributed by atoms with Crippen molar-refractivity contribution in [3.05, 3.63) is 223 Å². The van der Waals surface area contributed by atoms with Gasteiger partial charge in [0.25, 0.3) is 0 Å². The summed E-state index contributed by atoms with van der Waals surface area (Å²) in [6.45, 7) is 15.5. The Morgan fingerprint density at radius 2 is 0.721 bits per heavy atom. The van der Waals surface area contributed by atoms with E-state index in [9.17, 15) is 0 Å². The van der Waals surface area contributed by atoms with E-state index in [0.29, 0.717) is 0 Å². The van der Waals surface area contributed by atoms with Crippen molar-refractivity contribution < 1.29 is 23.3 Å². The standard InChI is InChI=1S/2C25H19.C7H7.2ClH.Si.Zr/c2*1-16-10-21-11-17(2)13-25(23(21)12-16)22-9-5-8-20-14-18-6-3-4-7-19(18)15-24(20)22;1-7-5-3-2-4-6-7;;;;/h2*3-15H,1-2H3;2-6H,1H2;2*1H;;/q3*-1;;;;. The molecule has 0 atom stereocenters. The average molecular weight is 922 g/mol. The summed E-state index contributed by atoms with van der Waals surface area (Å²) in [5.74, 6) is 0. The molecule has 4 heteroatoms. The van der Waals surface area contributed by atoms with Gasteiger partial charge in [-0.05, 0) is 92.3 Å². The molecule has 0 spiro atoms. The number of rotatable bonds is 2. The molecule has 0 aliphatic carbocycles. The van der Waals surface area contributed by atoms with Crippen LogP contribution >= 0.6 is 24.8 Å². The number of hydrogen-bond donors (Lipinski definition) is 0. The molecule has 0 aliphatic rings. The monoisotopic (exact) mass is 919 g/mol. The first-order valence-corrected chi connectivity index (χ1v) is 24.3. The van der Waals surface area contributed by atoms with Gasteiger partial charge < -0.3 is 0 Å². The van der Waals surface area contributed by atoms with Crippen molar-refractivity contribution in [1.82, 2.24) is 0 Å². The first kappa shape index (κ1) is 45.3. The van der Waals surface area contributed by atoms with E-state index < -0.39 is 0 Å². The summed E-state index contributed by atoms with van der Waals surface area (Å²) in [7, 11) is 0. The number of halogens is 2. The topological polar surface area (TPSA) is 0 Å². The minimum atomic E-state index is 0. The van der Waals surface area contributed by atoms with Gasteiger partial charge in [0, 0.05) is 0 Å². The molecule has 0 saturated carbocycles. The normalized spacial score (nSPS) is 10.5. The van der Waals surface area contributed by atoms with Crippen LogP contribution in [0.25, 0.3) is 86.9 Å². The fraction of sp³-hybridized carbons (Fsp3) is 0.0702. The molecule has 0 unspecified atom stereocenters. The summed E-state index contributed by atoms with van der Waals surface area (Å²) in [5.41, 5.74) is 11.7. The number of hydrogen-bond acceptors (Lipinski definition) is 0. The fourth-order valence-electron chi connectivity index (χ4n) is 8.57. The van der Waals surface area contributed by atoms with Gasteiger partial charge in [0.05, 0.1) is 0 Å². The van der Waals surface area contributed by atoms with Crippen LogP contribution in [0.2, 0.25) is 0 Å². The maximum atomic E-state index is 3.72. The molecule has 0 fully saturated rings. The van der Waals surface area contributed by atoms with Gasteiger partial charge in [-0.25, -0.2) is 0 Å². The van der Waals surface area contributed by atoms with Crippen LogP contribution in [0.5, 0.6) is 0 Å². The third-order valence-electron chi connectivity index (χ3n) is 11.1. The second kappa shape index (κ2) is 20.1. The third kappa shape index (κ3) is 9.80. The van der Waals surface area contributed by atoms with Crippen LogP contribution in [-0.2, 0) is 23.3 Å². The molecule has 0 nitrogen and oxygen atoms in total. The van der Waals surface area contributed by atoms with E-state index in [2.05, 4.69) is 199 Å². The van der Waals surface area contributed by atoms with E-state index in [0.717, 1.165) is 5.56 Å². The molecular formula is C57H47Cl2SiZr-3. The second-order valence-electron chi connectivity index (χ2n) is 15.6.